The van der Waals surface area contributed by atoms with Gasteiger partial charge in [-0.1, -0.05) is 0 Å². The Morgan fingerprint density at radius 2 is 1.74 bits per heavy atom. The predicted octanol–water partition coefficient (Wildman–Crippen LogP) is 3.35. The number of aryl methyl sites for hydroxylation is 4. The van der Waals surface area contributed by atoms with Gasteiger partial charge in [-0.3, -0.25) is 4.79 Å². The first-order chi connectivity index (χ1) is 8.88. The highest BCUT2D eigenvalue weighted by Gasteiger charge is 2.15. The van der Waals surface area contributed by atoms with Gasteiger partial charge in [-0.25, -0.2) is 0 Å². The molecule has 2 rings (SSSR count). The minimum atomic E-state index is -0.204. The molecule has 0 spiro atoms. The summed E-state index contributed by atoms with van der Waals surface area (Å²) in [6.07, 6.45) is 0. The van der Waals surface area contributed by atoms with E-state index in [1.807, 2.05) is 32.9 Å². The first kappa shape index (κ1) is 13.2. The third kappa shape index (κ3) is 2.62. The molecule has 0 atom stereocenters. The quantitative estimate of drug-likeness (QED) is 0.812. The van der Waals surface area contributed by atoms with Crippen molar-refractivity contribution < 1.29 is 9.21 Å². The van der Waals surface area contributed by atoms with E-state index >= 15 is 0 Å². The van der Waals surface area contributed by atoms with Crippen molar-refractivity contribution in [2.45, 2.75) is 27.7 Å². The van der Waals surface area contributed by atoms with Gasteiger partial charge in [-0.2, -0.15) is 0 Å². The van der Waals surface area contributed by atoms with Gasteiger partial charge in [0.1, 0.15) is 11.5 Å². The lowest BCUT2D eigenvalue weighted by atomic mass is 10.1. The minimum Gasteiger partial charge on any atom is -0.466 e. The summed E-state index contributed by atoms with van der Waals surface area (Å²) in [5.41, 5.74) is 9.84. The van der Waals surface area contributed by atoms with Gasteiger partial charge in [0.25, 0.3) is 5.91 Å². The normalized spacial score (nSPS) is 10.5. The van der Waals surface area contributed by atoms with Crippen LogP contribution in [0, 0.1) is 27.7 Å². The molecule has 3 N–H and O–H groups in total. The van der Waals surface area contributed by atoms with E-state index in [0.717, 1.165) is 16.9 Å². The van der Waals surface area contributed by atoms with Crippen LogP contribution in [-0.2, 0) is 0 Å². The van der Waals surface area contributed by atoms with Crippen LogP contribution in [0.3, 0.4) is 0 Å². The monoisotopic (exact) mass is 258 g/mol. The van der Waals surface area contributed by atoms with Crippen molar-refractivity contribution in [3.63, 3.8) is 0 Å². The maximum Gasteiger partial charge on any atom is 0.259 e. The third-order valence-corrected chi connectivity index (χ3v) is 3.20. The second-order valence-electron chi connectivity index (χ2n) is 4.80. The zero-order valence-electron chi connectivity index (χ0n) is 11.6. The summed E-state index contributed by atoms with van der Waals surface area (Å²) in [5, 5.41) is 2.82. The Morgan fingerprint density at radius 1 is 1.11 bits per heavy atom. The Morgan fingerprint density at radius 3 is 2.32 bits per heavy atom. The molecule has 2 aromatic rings. The predicted molar refractivity (Wildman–Crippen MR) is 76.5 cm³/mol. The molecule has 0 bridgehead atoms. The Kier molecular flexibility index (Phi) is 3.34. The summed E-state index contributed by atoms with van der Waals surface area (Å²) < 4.78 is 5.35. The van der Waals surface area contributed by atoms with Crippen molar-refractivity contribution in [3.8, 4) is 0 Å². The summed E-state index contributed by atoms with van der Waals surface area (Å²) in [7, 11) is 0. The molecular formula is C15H18N2O2. The first-order valence-electron chi connectivity index (χ1n) is 6.13. The van der Waals surface area contributed by atoms with Crippen LogP contribution in [0.25, 0.3) is 0 Å². The molecular weight excluding hydrogens is 240 g/mol. The molecule has 0 saturated heterocycles. The van der Waals surface area contributed by atoms with E-state index in [9.17, 15) is 4.79 Å². The SMILES string of the molecule is Cc1cc(C(=O)Nc2cc(C)c(C)cc2N)c(C)o1. The Hall–Kier alpha value is -2.23. The van der Waals surface area contributed by atoms with Crippen LogP contribution in [0.1, 0.15) is 33.0 Å². The van der Waals surface area contributed by atoms with Crippen LogP contribution in [0.5, 0.6) is 0 Å². The van der Waals surface area contributed by atoms with Crippen LogP contribution in [0.4, 0.5) is 11.4 Å². The molecule has 0 aliphatic heterocycles. The zero-order chi connectivity index (χ0) is 14.2. The highest BCUT2D eigenvalue weighted by Crippen LogP contribution is 2.24. The van der Waals surface area contributed by atoms with Crippen molar-refractivity contribution in [1.29, 1.82) is 0 Å². The van der Waals surface area contributed by atoms with Crippen molar-refractivity contribution in [1.82, 2.24) is 0 Å². The van der Waals surface area contributed by atoms with E-state index in [4.69, 9.17) is 10.2 Å². The number of benzene rings is 1. The lowest BCUT2D eigenvalue weighted by Gasteiger charge is -2.10. The number of rotatable bonds is 2. The first-order valence-corrected chi connectivity index (χ1v) is 6.13. The van der Waals surface area contributed by atoms with Gasteiger partial charge in [0, 0.05) is 0 Å². The largest absolute Gasteiger partial charge is 0.466 e. The molecule has 4 heteroatoms. The average Bonchev–Trinajstić information content (AvgIpc) is 2.65. The van der Waals surface area contributed by atoms with Gasteiger partial charge >= 0.3 is 0 Å². The number of amides is 1. The Bertz CT molecular complexity index is 642. The fourth-order valence-corrected chi connectivity index (χ4v) is 1.99. The van der Waals surface area contributed by atoms with Crippen molar-refractivity contribution in [2.75, 3.05) is 11.1 Å². The smallest absolute Gasteiger partial charge is 0.259 e. The minimum absolute atomic E-state index is 0.204. The molecule has 1 amide bonds. The molecule has 0 saturated carbocycles. The molecule has 0 radical (unpaired) electrons. The molecule has 19 heavy (non-hydrogen) atoms. The molecule has 1 aromatic carbocycles. The van der Waals surface area contributed by atoms with E-state index < -0.39 is 0 Å². The number of nitrogens with two attached hydrogens (primary N) is 1. The van der Waals surface area contributed by atoms with Crippen LogP contribution in [0.2, 0.25) is 0 Å². The fourth-order valence-electron chi connectivity index (χ4n) is 1.99. The highest BCUT2D eigenvalue weighted by atomic mass is 16.3. The molecule has 1 heterocycles. The molecule has 0 aliphatic carbocycles. The molecule has 0 fully saturated rings. The van der Waals surface area contributed by atoms with E-state index in [0.29, 0.717) is 22.7 Å². The number of nitrogen functional groups attached to an aromatic ring is 1. The van der Waals surface area contributed by atoms with Crippen LogP contribution in [-0.4, -0.2) is 5.91 Å². The molecule has 0 unspecified atom stereocenters. The Labute approximate surface area is 112 Å². The average molecular weight is 258 g/mol. The van der Waals surface area contributed by atoms with Crippen LogP contribution in [0.15, 0.2) is 22.6 Å². The molecule has 4 nitrogen and oxygen atoms in total. The number of carbonyl (C=O) groups excluding carboxylic acids is 1. The molecule has 0 aliphatic rings. The molecule has 100 valence electrons. The maximum atomic E-state index is 12.2. The lowest BCUT2D eigenvalue weighted by Crippen LogP contribution is -2.13. The summed E-state index contributed by atoms with van der Waals surface area (Å²) in [6, 6.07) is 5.46. The number of hydrogen-bond acceptors (Lipinski definition) is 3. The van der Waals surface area contributed by atoms with Gasteiger partial charge in [0.15, 0.2) is 0 Å². The molecule has 1 aromatic heterocycles. The second-order valence-corrected chi connectivity index (χ2v) is 4.80. The number of carbonyl (C=O) groups is 1. The fraction of sp³-hybridized carbons (Fsp3) is 0.267. The van der Waals surface area contributed by atoms with Crippen molar-refractivity contribution in [2.24, 2.45) is 0 Å². The van der Waals surface area contributed by atoms with Crippen molar-refractivity contribution >= 4 is 17.3 Å². The van der Waals surface area contributed by atoms with Gasteiger partial charge in [-0.05, 0) is 57.0 Å². The van der Waals surface area contributed by atoms with E-state index in [1.165, 1.54) is 0 Å². The zero-order valence-corrected chi connectivity index (χ0v) is 11.6. The summed E-state index contributed by atoms with van der Waals surface area (Å²) in [5.74, 6) is 1.12. The topological polar surface area (TPSA) is 68.3 Å². The summed E-state index contributed by atoms with van der Waals surface area (Å²) >= 11 is 0. The van der Waals surface area contributed by atoms with Crippen LogP contribution < -0.4 is 11.1 Å². The summed E-state index contributed by atoms with van der Waals surface area (Å²) in [6.45, 7) is 7.55. The van der Waals surface area contributed by atoms with Gasteiger partial charge in [0.2, 0.25) is 0 Å². The maximum absolute atomic E-state index is 12.2. The standard InChI is InChI=1S/C15H18N2O2/c1-8-5-13(16)14(6-9(8)2)17-15(18)12-7-10(3)19-11(12)4/h5-7H,16H2,1-4H3,(H,17,18). The summed E-state index contributed by atoms with van der Waals surface area (Å²) in [4.78, 5) is 12.2. The van der Waals surface area contributed by atoms with E-state index in [-0.39, 0.29) is 5.91 Å². The van der Waals surface area contributed by atoms with E-state index in [1.54, 1.807) is 13.0 Å². The van der Waals surface area contributed by atoms with Gasteiger partial charge < -0.3 is 15.5 Å². The van der Waals surface area contributed by atoms with E-state index in [2.05, 4.69) is 5.32 Å². The second kappa shape index (κ2) is 4.80. The van der Waals surface area contributed by atoms with Crippen molar-refractivity contribution in [3.05, 3.63) is 46.4 Å². The van der Waals surface area contributed by atoms with Crippen LogP contribution >= 0.6 is 0 Å². The Balaban J connectivity index is 2.29. The van der Waals surface area contributed by atoms with Gasteiger partial charge in [0.05, 0.1) is 16.9 Å². The van der Waals surface area contributed by atoms with Gasteiger partial charge in [-0.15, -0.1) is 0 Å². The third-order valence-electron chi connectivity index (χ3n) is 3.20. The number of anilines is 2. The lowest BCUT2D eigenvalue weighted by molar-refractivity contribution is 0.102. The number of nitrogens with one attached hydrogen (secondary N) is 1. The number of furan rings is 1. The highest BCUT2D eigenvalue weighted by molar-refractivity contribution is 6.06. The number of hydrogen-bond donors (Lipinski definition) is 2.